The van der Waals surface area contributed by atoms with E-state index in [1.807, 2.05) is 19.9 Å². The van der Waals surface area contributed by atoms with Crippen LogP contribution in [0.15, 0.2) is 16.3 Å². The fraction of sp³-hybridized carbons (Fsp3) is 0.692. The summed E-state index contributed by atoms with van der Waals surface area (Å²) in [5.41, 5.74) is 5.51. The third-order valence-electron chi connectivity index (χ3n) is 3.67. The summed E-state index contributed by atoms with van der Waals surface area (Å²) in [6.07, 6.45) is 3.75. The first-order chi connectivity index (χ1) is 8.96. The minimum Gasteiger partial charge on any atom is -0.330 e. The van der Waals surface area contributed by atoms with E-state index in [4.69, 9.17) is 5.73 Å². The van der Waals surface area contributed by atoms with Crippen molar-refractivity contribution in [3.63, 3.8) is 0 Å². The Labute approximate surface area is 119 Å². The van der Waals surface area contributed by atoms with Crippen molar-refractivity contribution in [2.45, 2.75) is 55.8 Å². The molecule has 0 bridgehead atoms. The van der Waals surface area contributed by atoms with E-state index in [0.29, 0.717) is 10.8 Å². The molecule has 2 heterocycles. The molecule has 0 aromatic carbocycles. The molecule has 2 rings (SSSR count). The average molecular weight is 302 g/mol. The van der Waals surface area contributed by atoms with Gasteiger partial charge in [0.2, 0.25) is 0 Å². The largest absolute Gasteiger partial charge is 0.330 e. The first-order valence-corrected chi connectivity index (χ1v) is 9.04. The van der Waals surface area contributed by atoms with Gasteiger partial charge in [-0.1, -0.05) is 6.42 Å². The summed E-state index contributed by atoms with van der Waals surface area (Å²) in [4.78, 5) is 1.04. The molecule has 1 aliphatic heterocycles. The second-order valence-electron chi connectivity index (χ2n) is 5.22. The van der Waals surface area contributed by atoms with Gasteiger partial charge in [-0.2, -0.15) is 4.31 Å². The highest BCUT2D eigenvalue weighted by molar-refractivity contribution is 7.91. The van der Waals surface area contributed by atoms with Crippen molar-refractivity contribution in [3.05, 3.63) is 17.0 Å². The number of nitrogens with two attached hydrogens (primary N) is 1. The molecule has 19 heavy (non-hydrogen) atoms. The molecule has 6 heteroatoms. The van der Waals surface area contributed by atoms with Crippen LogP contribution in [0.3, 0.4) is 0 Å². The molecule has 4 nitrogen and oxygen atoms in total. The molecular weight excluding hydrogens is 280 g/mol. The van der Waals surface area contributed by atoms with E-state index in [2.05, 4.69) is 0 Å². The van der Waals surface area contributed by atoms with Crippen LogP contribution in [0.2, 0.25) is 0 Å². The zero-order valence-corrected chi connectivity index (χ0v) is 13.1. The summed E-state index contributed by atoms with van der Waals surface area (Å²) < 4.78 is 27.6. The monoisotopic (exact) mass is 302 g/mol. The molecule has 1 saturated heterocycles. The number of hydrogen-bond donors (Lipinski definition) is 1. The van der Waals surface area contributed by atoms with Gasteiger partial charge >= 0.3 is 0 Å². The topological polar surface area (TPSA) is 63.4 Å². The van der Waals surface area contributed by atoms with Crippen LogP contribution in [0, 0.1) is 0 Å². The fourth-order valence-corrected chi connectivity index (χ4v) is 6.11. The van der Waals surface area contributed by atoms with Gasteiger partial charge in [-0.25, -0.2) is 8.42 Å². The van der Waals surface area contributed by atoms with Crippen LogP contribution in [0.25, 0.3) is 0 Å². The third-order valence-corrected chi connectivity index (χ3v) is 7.41. The number of sulfonamides is 1. The van der Waals surface area contributed by atoms with Crippen molar-refractivity contribution in [2.24, 2.45) is 5.73 Å². The van der Waals surface area contributed by atoms with Crippen LogP contribution in [-0.4, -0.2) is 31.4 Å². The summed E-state index contributed by atoms with van der Waals surface area (Å²) in [7, 11) is -3.35. The predicted octanol–water partition coefficient (Wildman–Crippen LogP) is 2.20. The molecule has 1 aromatic heterocycles. The van der Waals surface area contributed by atoms with E-state index < -0.39 is 10.0 Å². The molecule has 0 spiro atoms. The molecule has 2 atom stereocenters. The van der Waals surface area contributed by atoms with Gasteiger partial charge in [0.05, 0.1) is 0 Å². The first kappa shape index (κ1) is 15.0. The molecule has 1 fully saturated rings. The maximum Gasteiger partial charge on any atom is 0.253 e. The van der Waals surface area contributed by atoms with Crippen LogP contribution in [0.4, 0.5) is 0 Å². The van der Waals surface area contributed by atoms with Crippen LogP contribution >= 0.6 is 11.3 Å². The predicted molar refractivity (Wildman–Crippen MR) is 78.9 cm³/mol. The molecule has 0 aliphatic carbocycles. The van der Waals surface area contributed by atoms with Gasteiger partial charge in [-0.05, 0) is 51.8 Å². The van der Waals surface area contributed by atoms with Crippen molar-refractivity contribution in [2.75, 3.05) is 6.54 Å². The second kappa shape index (κ2) is 5.91. The van der Waals surface area contributed by atoms with Crippen molar-refractivity contribution in [1.82, 2.24) is 4.31 Å². The highest BCUT2D eigenvalue weighted by Crippen LogP contribution is 2.32. The Balaban J connectivity index is 2.29. The second-order valence-corrected chi connectivity index (χ2v) is 8.46. The molecule has 0 radical (unpaired) electrons. The third kappa shape index (κ3) is 3.02. The van der Waals surface area contributed by atoms with Gasteiger partial charge < -0.3 is 5.73 Å². The van der Waals surface area contributed by atoms with Crippen LogP contribution < -0.4 is 5.73 Å². The summed E-state index contributed by atoms with van der Waals surface area (Å²) in [6, 6.07) is 3.78. The van der Waals surface area contributed by atoms with E-state index in [1.54, 1.807) is 10.4 Å². The Bertz CT molecular complexity index is 515. The van der Waals surface area contributed by atoms with E-state index in [1.165, 1.54) is 11.3 Å². The molecule has 1 aliphatic rings. The van der Waals surface area contributed by atoms with Crippen molar-refractivity contribution < 1.29 is 8.42 Å². The molecular formula is C13H22N2O2S2. The summed E-state index contributed by atoms with van der Waals surface area (Å²) >= 11 is 1.35. The summed E-state index contributed by atoms with van der Waals surface area (Å²) in [6.45, 7) is 4.56. The Kier molecular flexibility index (Phi) is 4.66. The van der Waals surface area contributed by atoms with Crippen molar-refractivity contribution in [3.8, 4) is 0 Å². The Morgan fingerprint density at radius 1 is 1.32 bits per heavy atom. The quantitative estimate of drug-likeness (QED) is 0.927. The van der Waals surface area contributed by atoms with E-state index >= 15 is 0 Å². The molecule has 2 unspecified atom stereocenters. The molecule has 0 amide bonds. The Morgan fingerprint density at radius 3 is 2.53 bits per heavy atom. The van der Waals surface area contributed by atoms with Crippen LogP contribution in [0.1, 0.15) is 38.0 Å². The maximum absolute atomic E-state index is 12.7. The highest BCUT2D eigenvalue weighted by Gasteiger charge is 2.36. The van der Waals surface area contributed by atoms with Gasteiger partial charge in [0.1, 0.15) is 4.21 Å². The van der Waals surface area contributed by atoms with Gasteiger partial charge in [-0.3, -0.25) is 0 Å². The zero-order chi connectivity index (χ0) is 14.0. The lowest BCUT2D eigenvalue weighted by Crippen LogP contribution is -2.47. The minimum absolute atomic E-state index is 0.0915. The minimum atomic E-state index is -3.35. The van der Waals surface area contributed by atoms with Crippen molar-refractivity contribution >= 4 is 21.4 Å². The van der Waals surface area contributed by atoms with Gasteiger partial charge in [0.15, 0.2) is 0 Å². The lowest BCUT2D eigenvalue weighted by Gasteiger charge is -2.37. The number of hydrogen-bond acceptors (Lipinski definition) is 4. The summed E-state index contributed by atoms with van der Waals surface area (Å²) in [5, 5.41) is 0. The summed E-state index contributed by atoms with van der Waals surface area (Å²) in [5.74, 6) is 0. The number of nitrogens with zero attached hydrogens (tertiary/aromatic N) is 1. The maximum atomic E-state index is 12.7. The highest BCUT2D eigenvalue weighted by atomic mass is 32.2. The molecule has 2 N–H and O–H groups in total. The first-order valence-electron chi connectivity index (χ1n) is 6.79. The fourth-order valence-electron chi connectivity index (χ4n) is 2.75. The molecule has 1 aromatic rings. The Hall–Kier alpha value is -0.430. The van der Waals surface area contributed by atoms with Crippen LogP contribution in [0.5, 0.6) is 0 Å². The van der Waals surface area contributed by atoms with Gasteiger partial charge in [0, 0.05) is 17.0 Å². The van der Waals surface area contributed by atoms with E-state index in [-0.39, 0.29) is 12.1 Å². The SMILES string of the molecule is CC1CCCC(C)N1S(=O)(=O)c1ccc(CCN)s1. The van der Waals surface area contributed by atoms with E-state index in [0.717, 1.165) is 30.6 Å². The lowest BCUT2D eigenvalue weighted by atomic mass is 10.0. The van der Waals surface area contributed by atoms with Gasteiger partial charge in [0.25, 0.3) is 10.0 Å². The number of rotatable bonds is 4. The number of thiophene rings is 1. The Morgan fingerprint density at radius 2 is 1.95 bits per heavy atom. The number of piperidine rings is 1. The van der Waals surface area contributed by atoms with Crippen molar-refractivity contribution in [1.29, 1.82) is 0 Å². The lowest BCUT2D eigenvalue weighted by molar-refractivity contribution is 0.204. The van der Waals surface area contributed by atoms with E-state index in [9.17, 15) is 8.42 Å². The molecule has 0 saturated carbocycles. The normalized spacial score (nSPS) is 25.6. The zero-order valence-electron chi connectivity index (χ0n) is 11.5. The van der Waals surface area contributed by atoms with Gasteiger partial charge in [-0.15, -0.1) is 11.3 Å². The van der Waals surface area contributed by atoms with Crippen LogP contribution in [-0.2, 0) is 16.4 Å². The average Bonchev–Trinajstić information content (AvgIpc) is 2.78. The smallest absolute Gasteiger partial charge is 0.253 e. The molecule has 108 valence electrons. The standard InChI is InChI=1S/C13H22N2O2S2/c1-10-4-3-5-11(2)15(10)19(16,17)13-7-6-12(18-13)8-9-14/h6-7,10-11H,3-5,8-9,14H2,1-2H3.